The third-order valence-electron chi connectivity index (χ3n) is 3.74. The van der Waals surface area contributed by atoms with Crippen molar-refractivity contribution in [2.75, 3.05) is 21.2 Å². The number of nitrogens with zero attached hydrogens (tertiary/aromatic N) is 3. The van der Waals surface area contributed by atoms with Crippen LogP contribution in [0.15, 0.2) is 47.5 Å². The lowest BCUT2D eigenvalue weighted by Gasteiger charge is -2.22. The summed E-state index contributed by atoms with van der Waals surface area (Å²) in [6.45, 7) is 1.09. The Morgan fingerprint density at radius 3 is 2.42 bits per heavy atom. The predicted octanol–water partition coefficient (Wildman–Crippen LogP) is 3.53. The van der Waals surface area contributed by atoms with Crippen LogP contribution in [-0.2, 0) is 13.1 Å². The molecule has 0 aliphatic heterocycles. The molecule has 0 unspecified atom stereocenters. The highest BCUT2D eigenvalue weighted by Gasteiger charge is 2.09. The van der Waals surface area contributed by atoms with Crippen LogP contribution in [0.4, 0.5) is 4.39 Å². The summed E-state index contributed by atoms with van der Waals surface area (Å²) in [6, 6.07) is 14.4. The fourth-order valence-electron chi connectivity index (χ4n) is 2.42. The number of hydrogen-bond donors (Lipinski definition) is 1. The Morgan fingerprint density at radius 1 is 1.23 bits per heavy atom. The van der Waals surface area contributed by atoms with Crippen LogP contribution in [0.25, 0.3) is 0 Å². The van der Waals surface area contributed by atoms with E-state index < -0.39 is 0 Å². The molecule has 0 atom stereocenters. The Bertz CT molecular complexity index is 787. The van der Waals surface area contributed by atoms with E-state index in [-0.39, 0.29) is 35.5 Å². The van der Waals surface area contributed by atoms with E-state index in [0.717, 1.165) is 11.1 Å². The maximum atomic E-state index is 13.8. The van der Waals surface area contributed by atoms with Gasteiger partial charge >= 0.3 is 0 Å². The van der Waals surface area contributed by atoms with Crippen molar-refractivity contribution in [2.24, 2.45) is 4.99 Å². The summed E-state index contributed by atoms with van der Waals surface area (Å²) >= 11 is 0. The minimum Gasteiger partial charge on any atom is -0.494 e. The number of ether oxygens (including phenoxy) is 1. The number of rotatable bonds is 5. The van der Waals surface area contributed by atoms with Crippen molar-refractivity contribution in [1.82, 2.24) is 10.2 Å². The van der Waals surface area contributed by atoms with E-state index in [4.69, 9.17) is 10.00 Å². The zero-order chi connectivity index (χ0) is 18.2. The predicted molar refractivity (Wildman–Crippen MR) is 111 cm³/mol. The number of methoxy groups -OCH3 is 1. The number of halogens is 2. The van der Waals surface area contributed by atoms with Crippen LogP contribution in [0.5, 0.6) is 5.75 Å². The van der Waals surface area contributed by atoms with E-state index in [9.17, 15) is 4.39 Å². The van der Waals surface area contributed by atoms with Gasteiger partial charge in [-0.1, -0.05) is 18.2 Å². The third kappa shape index (κ3) is 5.88. The Hall–Kier alpha value is -2.34. The van der Waals surface area contributed by atoms with Gasteiger partial charge in [-0.3, -0.25) is 4.99 Å². The van der Waals surface area contributed by atoms with Gasteiger partial charge in [-0.15, -0.1) is 24.0 Å². The Balaban J connectivity index is 0.00000338. The molecule has 0 fully saturated rings. The number of aliphatic imine (C=N–C) groups is 1. The van der Waals surface area contributed by atoms with E-state index in [1.165, 1.54) is 13.2 Å². The zero-order valence-corrected chi connectivity index (χ0v) is 17.3. The van der Waals surface area contributed by atoms with Crippen LogP contribution in [0.3, 0.4) is 0 Å². The molecule has 0 saturated heterocycles. The van der Waals surface area contributed by atoms with Crippen molar-refractivity contribution in [3.8, 4) is 11.8 Å². The van der Waals surface area contributed by atoms with Gasteiger partial charge in [-0.25, -0.2) is 4.39 Å². The summed E-state index contributed by atoms with van der Waals surface area (Å²) in [5.74, 6) is 0.546. The van der Waals surface area contributed by atoms with E-state index in [1.54, 1.807) is 25.2 Å². The second-order valence-corrected chi connectivity index (χ2v) is 5.53. The molecular weight excluding hydrogens is 446 g/mol. The fourth-order valence-corrected chi connectivity index (χ4v) is 2.42. The molecule has 2 aromatic carbocycles. The van der Waals surface area contributed by atoms with Crippen LogP contribution in [0.2, 0.25) is 0 Å². The van der Waals surface area contributed by atoms with Gasteiger partial charge in [0, 0.05) is 27.2 Å². The molecule has 0 radical (unpaired) electrons. The highest BCUT2D eigenvalue weighted by atomic mass is 127. The lowest BCUT2D eigenvalue weighted by molar-refractivity contribution is 0.385. The van der Waals surface area contributed by atoms with Crippen molar-refractivity contribution < 1.29 is 9.13 Å². The Kier molecular flexibility index (Phi) is 8.85. The second-order valence-electron chi connectivity index (χ2n) is 5.53. The fraction of sp³-hybridized carbons (Fsp3) is 0.263. The largest absolute Gasteiger partial charge is 0.494 e. The van der Waals surface area contributed by atoms with Gasteiger partial charge in [0.15, 0.2) is 17.5 Å². The topological polar surface area (TPSA) is 60.7 Å². The summed E-state index contributed by atoms with van der Waals surface area (Å²) in [5, 5.41) is 12.1. The smallest absolute Gasteiger partial charge is 0.193 e. The quantitative estimate of drug-likeness (QED) is 0.415. The first-order valence-corrected chi connectivity index (χ1v) is 7.80. The number of hydrogen-bond acceptors (Lipinski definition) is 3. The molecule has 0 saturated carbocycles. The molecule has 5 nitrogen and oxygen atoms in total. The summed E-state index contributed by atoms with van der Waals surface area (Å²) < 4.78 is 18.7. The van der Waals surface area contributed by atoms with Gasteiger partial charge in [0.1, 0.15) is 0 Å². The normalized spacial score (nSPS) is 10.5. The Labute approximate surface area is 170 Å². The molecule has 7 heteroatoms. The molecule has 26 heavy (non-hydrogen) atoms. The molecule has 0 aromatic heterocycles. The number of benzene rings is 2. The molecule has 138 valence electrons. The first-order chi connectivity index (χ1) is 12.1. The number of nitrogens with one attached hydrogen (secondary N) is 1. The summed E-state index contributed by atoms with van der Waals surface area (Å²) in [7, 11) is 5.03. The van der Waals surface area contributed by atoms with Crippen LogP contribution >= 0.6 is 24.0 Å². The lowest BCUT2D eigenvalue weighted by atomic mass is 10.1. The average molecular weight is 468 g/mol. The van der Waals surface area contributed by atoms with E-state index >= 15 is 0 Å². The van der Waals surface area contributed by atoms with E-state index in [0.29, 0.717) is 24.6 Å². The van der Waals surface area contributed by atoms with Crippen LogP contribution < -0.4 is 10.1 Å². The average Bonchev–Trinajstić information content (AvgIpc) is 2.63. The van der Waals surface area contributed by atoms with Gasteiger partial charge < -0.3 is 15.0 Å². The molecule has 2 rings (SSSR count). The molecule has 1 N–H and O–H groups in total. The van der Waals surface area contributed by atoms with Crippen molar-refractivity contribution >= 4 is 29.9 Å². The van der Waals surface area contributed by atoms with Gasteiger partial charge in [-0.2, -0.15) is 5.26 Å². The van der Waals surface area contributed by atoms with E-state index in [1.807, 2.05) is 30.1 Å². The van der Waals surface area contributed by atoms with Crippen molar-refractivity contribution in [1.29, 1.82) is 5.26 Å². The molecule has 0 aliphatic carbocycles. The minimum atomic E-state index is -0.381. The highest BCUT2D eigenvalue weighted by molar-refractivity contribution is 14.0. The first-order valence-electron chi connectivity index (χ1n) is 7.80. The monoisotopic (exact) mass is 468 g/mol. The molecule has 0 spiro atoms. The first kappa shape index (κ1) is 21.7. The van der Waals surface area contributed by atoms with Crippen LogP contribution in [0, 0.1) is 17.1 Å². The third-order valence-corrected chi connectivity index (χ3v) is 3.74. The standard InChI is InChI=1S/C19H21FN4O.HI/c1-22-19(23-12-15-6-4-14(11-21)5-7-15)24(2)13-16-8-9-18(25-3)17(20)10-16;/h4-10H,12-13H2,1-3H3,(H,22,23);1H. The lowest BCUT2D eigenvalue weighted by Crippen LogP contribution is -2.38. The van der Waals surface area contributed by atoms with Crippen LogP contribution in [-0.4, -0.2) is 32.1 Å². The van der Waals surface area contributed by atoms with Gasteiger partial charge in [-0.05, 0) is 35.4 Å². The van der Waals surface area contributed by atoms with Gasteiger partial charge in [0.2, 0.25) is 0 Å². The minimum absolute atomic E-state index is 0. The maximum Gasteiger partial charge on any atom is 0.193 e. The van der Waals surface area contributed by atoms with Crippen molar-refractivity contribution in [2.45, 2.75) is 13.1 Å². The maximum absolute atomic E-state index is 13.8. The summed E-state index contributed by atoms with van der Waals surface area (Å²) in [5.41, 5.74) is 2.50. The molecule has 0 bridgehead atoms. The second kappa shape index (κ2) is 10.6. The highest BCUT2D eigenvalue weighted by Crippen LogP contribution is 2.18. The zero-order valence-electron chi connectivity index (χ0n) is 15.0. The molecule has 0 heterocycles. The summed E-state index contributed by atoms with van der Waals surface area (Å²) in [6.07, 6.45) is 0. The number of guanidine groups is 1. The molecule has 2 aromatic rings. The van der Waals surface area contributed by atoms with Gasteiger partial charge in [0.05, 0.1) is 18.7 Å². The van der Waals surface area contributed by atoms with E-state index in [2.05, 4.69) is 16.4 Å². The van der Waals surface area contributed by atoms with Crippen molar-refractivity contribution in [3.63, 3.8) is 0 Å². The SMILES string of the molecule is CN=C(NCc1ccc(C#N)cc1)N(C)Cc1ccc(OC)c(F)c1.I. The van der Waals surface area contributed by atoms with Crippen LogP contribution in [0.1, 0.15) is 16.7 Å². The molecular formula is C19H22FIN4O. The molecule has 0 amide bonds. The van der Waals surface area contributed by atoms with Gasteiger partial charge in [0.25, 0.3) is 0 Å². The number of nitriles is 1. The summed E-state index contributed by atoms with van der Waals surface area (Å²) in [4.78, 5) is 6.16. The Morgan fingerprint density at radius 2 is 1.88 bits per heavy atom. The molecule has 0 aliphatic rings. The van der Waals surface area contributed by atoms with Crippen molar-refractivity contribution in [3.05, 3.63) is 65.0 Å².